The van der Waals surface area contributed by atoms with Gasteiger partial charge in [0.1, 0.15) is 0 Å². The minimum Gasteiger partial charge on any atom is -0.378 e. The number of ether oxygens (including phenoxy) is 6. The van der Waals surface area contributed by atoms with Crippen molar-refractivity contribution in [2.75, 3.05) is 179 Å². The number of sulfonamides is 3. The van der Waals surface area contributed by atoms with E-state index in [4.69, 9.17) is 98.0 Å². The zero-order valence-corrected chi connectivity index (χ0v) is 66.1. The van der Waals surface area contributed by atoms with Crippen LogP contribution in [0, 0.1) is 0 Å². The number of carbonyl (C=O) groups excluding carboxylic acids is 3. The molecule has 0 radical (unpaired) electrons. The van der Waals surface area contributed by atoms with Gasteiger partial charge in [-0.2, -0.15) is 0 Å². The van der Waals surface area contributed by atoms with Gasteiger partial charge < -0.3 is 59.1 Å². The largest absolute Gasteiger partial charge is 0.378 e. The average Bonchev–Trinajstić information content (AvgIpc) is 0.783. The van der Waals surface area contributed by atoms with Crippen LogP contribution in [0.15, 0.2) is 124 Å². The Bertz CT molecular complexity index is 3920. The van der Waals surface area contributed by atoms with Gasteiger partial charge in [-0.05, 0) is 144 Å². The maximum absolute atomic E-state index is 13.4. The van der Waals surface area contributed by atoms with Gasteiger partial charge in [0.2, 0.25) is 47.8 Å². The van der Waals surface area contributed by atoms with Crippen LogP contribution in [0.3, 0.4) is 0 Å². The van der Waals surface area contributed by atoms with Crippen LogP contribution in [0.1, 0.15) is 67.8 Å². The highest BCUT2D eigenvalue weighted by atomic mass is 35.5. The standard InChI is InChI=1S/C72H90Cl6N10O15S3/c1-85-40-61(58-34-52(73)37-67(76)64(58)43-85)49-7-4-10-55(31-49)104(92,93)82-16-22-101-28-25-98-19-13-79-70(89)46-88(47-71(90)80-14-20-99-26-29-102-23-17-83-105(94,95)56-11-5-8-50(32-56)62-41-86(2)44-65-59(62)35-53(74)38-68(65)77)48-72(91)81-15-21-100-27-30-103-24-18-84-106(96,97)57-12-6-9-51(33-57)63-42-87(3)45-66-60(63)36-54(75)39-69(66)78/h4-12,31-39,61-63,82-84H,13-30,40-48H2,1-3H3,(H,79,89)(H,80,90)(H,81,91)/t61-,62-,63-/m0/s1. The molecule has 0 fully saturated rings. The van der Waals surface area contributed by atoms with E-state index in [1.807, 2.05) is 57.5 Å². The zero-order valence-electron chi connectivity index (χ0n) is 59.1. The Labute approximate surface area is 650 Å². The molecule has 3 aliphatic rings. The number of rotatable bonds is 42. The number of hydrogen-bond donors (Lipinski definition) is 6. The third-order valence-corrected chi connectivity index (χ3v) is 23.8. The molecule has 0 aliphatic carbocycles. The molecule has 3 amide bonds. The Morgan fingerprint density at radius 2 is 0.632 bits per heavy atom. The van der Waals surface area contributed by atoms with E-state index in [0.717, 1.165) is 50.1 Å². The van der Waals surface area contributed by atoms with Crippen molar-refractivity contribution in [3.05, 3.63) is 189 Å². The first-order chi connectivity index (χ1) is 50.7. The molecule has 106 heavy (non-hydrogen) atoms. The van der Waals surface area contributed by atoms with Crippen LogP contribution in [0.4, 0.5) is 0 Å². The summed E-state index contributed by atoms with van der Waals surface area (Å²) in [6.07, 6.45) is 0. The second kappa shape index (κ2) is 41.2. The first-order valence-electron chi connectivity index (χ1n) is 34.5. The molecule has 0 saturated carbocycles. The van der Waals surface area contributed by atoms with E-state index in [2.05, 4.69) is 44.8 Å². The normalized spacial score (nSPS) is 16.5. The first-order valence-corrected chi connectivity index (χ1v) is 41.2. The Hall–Kier alpha value is -5.20. The highest BCUT2D eigenvalue weighted by Crippen LogP contribution is 2.42. The van der Waals surface area contributed by atoms with Gasteiger partial charge in [0, 0.05) is 126 Å². The minimum atomic E-state index is -3.89. The number of nitrogens with one attached hydrogen (secondary N) is 6. The smallest absolute Gasteiger partial charge is 0.240 e. The molecule has 34 heteroatoms. The van der Waals surface area contributed by atoms with Gasteiger partial charge in [-0.15, -0.1) is 0 Å². The predicted octanol–water partition coefficient (Wildman–Crippen LogP) is 7.32. The van der Waals surface area contributed by atoms with Gasteiger partial charge >= 0.3 is 0 Å². The van der Waals surface area contributed by atoms with Gasteiger partial charge in [-0.1, -0.05) is 106 Å². The van der Waals surface area contributed by atoms with Gasteiger partial charge in [-0.25, -0.2) is 39.4 Å². The molecule has 3 aliphatic heterocycles. The molecule has 3 atom stereocenters. The summed E-state index contributed by atoms with van der Waals surface area (Å²) in [5.74, 6) is -1.90. The Morgan fingerprint density at radius 3 is 0.896 bits per heavy atom. The summed E-state index contributed by atoms with van der Waals surface area (Å²) in [5.41, 5.74) is 8.19. The monoisotopic (exact) mass is 1640 g/mol. The summed E-state index contributed by atoms with van der Waals surface area (Å²) in [6, 6.07) is 31.2. The Morgan fingerprint density at radius 1 is 0.377 bits per heavy atom. The van der Waals surface area contributed by atoms with E-state index < -0.39 is 47.8 Å². The second-order valence-corrected chi connectivity index (χ2v) is 33.7. The highest BCUT2D eigenvalue weighted by Gasteiger charge is 2.32. The van der Waals surface area contributed by atoms with Crippen molar-refractivity contribution < 1.29 is 68.1 Å². The van der Waals surface area contributed by atoms with Gasteiger partial charge in [0.15, 0.2) is 0 Å². The van der Waals surface area contributed by atoms with Crippen LogP contribution >= 0.6 is 69.6 Å². The lowest BCUT2D eigenvalue weighted by Crippen LogP contribution is -2.48. The van der Waals surface area contributed by atoms with Crippen LogP contribution in [-0.4, -0.2) is 242 Å². The molecule has 0 spiro atoms. The molecule has 6 N–H and O–H groups in total. The maximum atomic E-state index is 13.4. The molecule has 9 rings (SSSR count). The fraction of sp³-hybridized carbons (Fsp3) is 0.458. The van der Waals surface area contributed by atoms with Crippen LogP contribution in [-0.2, 0) is 92.5 Å². The molecule has 6 aromatic carbocycles. The number of fused-ring (bicyclic) bond motifs is 3. The summed E-state index contributed by atoms with van der Waals surface area (Å²) < 4.78 is 122. The number of carbonyl (C=O) groups is 3. The second-order valence-electron chi connectivity index (χ2n) is 25.9. The third kappa shape index (κ3) is 25.4. The van der Waals surface area contributed by atoms with Crippen molar-refractivity contribution in [3.63, 3.8) is 0 Å². The molecule has 578 valence electrons. The van der Waals surface area contributed by atoms with Crippen LogP contribution in [0.25, 0.3) is 0 Å². The Kier molecular flexibility index (Phi) is 33.0. The number of nitrogens with zero attached hydrogens (tertiary/aromatic N) is 4. The Balaban J connectivity index is 0.657. The molecular weight excluding hydrogens is 1550 g/mol. The molecule has 0 aromatic heterocycles. The molecule has 0 bridgehead atoms. The summed E-state index contributed by atoms with van der Waals surface area (Å²) in [7, 11) is -5.72. The van der Waals surface area contributed by atoms with Crippen molar-refractivity contribution in [2.24, 2.45) is 0 Å². The molecular formula is C72H90Cl6N10O15S3. The van der Waals surface area contributed by atoms with E-state index in [9.17, 15) is 39.6 Å². The molecule has 3 heterocycles. The number of halogens is 6. The predicted molar refractivity (Wildman–Crippen MR) is 409 cm³/mol. The number of benzene rings is 6. The zero-order chi connectivity index (χ0) is 76.0. The van der Waals surface area contributed by atoms with E-state index >= 15 is 0 Å². The average molecular weight is 1640 g/mol. The SMILES string of the molecule is CN1Cc2c(Cl)cc(Cl)cc2[C@H](c2cccc(S(=O)(=O)NCCOCCOCCNC(=O)CN(CC(=O)NCCOCCOCCNS(=O)(=O)c3cccc([C@@H]4CN(C)Cc5c(Cl)cc(Cl)cc54)c3)CC(=O)NCCOCCOCCNS(=O)(=O)c3cccc([C@@H]4CN(C)Cc5c(Cl)cc(Cl)cc54)c3)c2)C1. The van der Waals surface area contributed by atoms with Crippen molar-refractivity contribution in [1.29, 1.82) is 0 Å². The summed E-state index contributed by atoms with van der Waals surface area (Å²) in [5, 5.41) is 11.4. The van der Waals surface area contributed by atoms with E-state index in [1.165, 1.54) is 23.1 Å². The highest BCUT2D eigenvalue weighted by molar-refractivity contribution is 7.90. The van der Waals surface area contributed by atoms with Crippen LogP contribution in [0.5, 0.6) is 0 Å². The van der Waals surface area contributed by atoms with Crippen molar-refractivity contribution in [1.82, 2.24) is 49.7 Å². The fourth-order valence-corrected chi connectivity index (χ4v) is 17.7. The molecule has 0 unspecified atom stereocenters. The first kappa shape index (κ1) is 84.8. The molecule has 0 saturated heterocycles. The summed E-state index contributed by atoms with van der Waals surface area (Å²) in [6.45, 7) is 4.52. The van der Waals surface area contributed by atoms with Crippen LogP contribution < -0.4 is 30.1 Å². The van der Waals surface area contributed by atoms with E-state index in [-0.39, 0.29) is 171 Å². The van der Waals surface area contributed by atoms with Crippen molar-refractivity contribution in [2.45, 2.75) is 52.1 Å². The molecule has 25 nitrogen and oxygen atoms in total. The van der Waals surface area contributed by atoms with Crippen molar-refractivity contribution in [3.8, 4) is 0 Å². The lowest BCUT2D eigenvalue weighted by atomic mass is 9.85. The lowest BCUT2D eigenvalue weighted by molar-refractivity contribution is -0.128. The summed E-state index contributed by atoms with van der Waals surface area (Å²) >= 11 is 38.8. The molecule has 6 aromatic rings. The minimum absolute atomic E-state index is 0.00252. The van der Waals surface area contributed by atoms with E-state index in [0.29, 0.717) is 69.4 Å². The number of hydrogen-bond acceptors (Lipinski definition) is 19. The lowest BCUT2D eigenvalue weighted by Gasteiger charge is -2.33. The maximum Gasteiger partial charge on any atom is 0.240 e. The third-order valence-electron chi connectivity index (χ3n) is 17.7. The number of likely N-dealkylation sites (N-methyl/N-ethyl adjacent to an activating group) is 3. The van der Waals surface area contributed by atoms with Gasteiger partial charge in [0.25, 0.3) is 0 Å². The fourth-order valence-electron chi connectivity index (χ4n) is 12.8. The van der Waals surface area contributed by atoms with Gasteiger partial charge in [-0.3, -0.25) is 19.3 Å². The summed E-state index contributed by atoms with van der Waals surface area (Å²) in [4.78, 5) is 47.7. The quantitative estimate of drug-likeness (QED) is 0.0205. The van der Waals surface area contributed by atoms with Crippen LogP contribution in [0.2, 0.25) is 30.1 Å². The topological polar surface area (TPSA) is 294 Å². The van der Waals surface area contributed by atoms with Crippen molar-refractivity contribution >= 4 is 117 Å². The number of amides is 3. The van der Waals surface area contributed by atoms with E-state index in [1.54, 1.807) is 54.6 Å². The van der Waals surface area contributed by atoms with Gasteiger partial charge in [0.05, 0.1) is 114 Å².